The number of hydrogen-bond acceptors (Lipinski definition) is 4. The number of hydrogen-bond donors (Lipinski definition) is 2. The Balaban J connectivity index is 2.23. The van der Waals surface area contributed by atoms with Crippen LogP contribution in [0.2, 0.25) is 5.02 Å². The summed E-state index contributed by atoms with van der Waals surface area (Å²) in [5.41, 5.74) is 7.75. The second kappa shape index (κ2) is 6.80. The number of aromatic nitrogens is 3. The first-order valence-corrected chi connectivity index (χ1v) is 8.37. The maximum absolute atomic E-state index is 11.9. The summed E-state index contributed by atoms with van der Waals surface area (Å²) in [6.45, 7) is 3.47. The zero-order valence-corrected chi connectivity index (χ0v) is 15.5. The lowest BCUT2D eigenvalue weighted by Gasteiger charge is -2.16. The highest BCUT2D eigenvalue weighted by molar-refractivity contribution is 6.32. The number of carbonyl (C=O) groups is 1. The van der Waals surface area contributed by atoms with Gasteiger partial charge in [-0.3, -0.25) is 9.78 Å². The molecular weight excluding hydrogens is 352 g/mol. The smallest absolute Gasteiger partial charge is 0.230 e. The fourth-order valence-electron chi connectivity index (χ4n) is 2.53. The molecule has 0 atom stereocenters. The van der Waals surface area contributed by atoms with E-state index in [0.29, 0.717) is 22.3 Å². The first-order valence-electron chi connectivity index (χ1n) is 7.99. The van der Waals surface area contributed by atoms with Crippen LogP contribution < -0.4 is 10.5 Å². The number of aromatic amines is 1. The van der Waals surface area contributed by atoms with E-state index in [2.05, 4.69) is 15.0 Å². The number of benzene rings is 1. The minimum atomic E-state index is -0.948. The number of pyridine rings is 1. The number of rotatable bonds is 5. The molecule has 0 aliphatic heterocycles. The normalized spacial score (nSPS) is 11.4. The summed E-state index contributed by atoms with van der Waals surface area (Å²) in [4.78, 5) is 23.9. The highest BCUT2D eigenvalue weighted by Gasteiger charge is 2.32. The molecule has 0 spiro atoms. The van der Waals surface area contributed by atoms with Gasteiger partial charge in [0, 0.05) is 23.5 Å². The lowest BCUT2D eigenvalue weighted by molar-refractivity contribution is -0.122. The first-order chi connectivity index (χ1) is 12.3. The zero-order valence-electron chi connectivity index (χ0n) is 14.7. The number of amides is 1. The van der Waals surface area contributed by atoms with Crippen LogP contribution in [0, 0.1) is 0 Å². The van der Waals surface area contributed by atoms with Crippen LogP contribution in [0.3, 0.4) is 0 Å². The maximum atomic E-state index is 11.9. The van der Waals surface area contributed by atoms with E-state index < -0.39 is 11.3 Å². The van der Waals surface area contributed by atoms with Crippen LogP contribution >= 0.6 is 11.6 Å². The maximum Gasteiger partial charge on any atom is 0.230 e. The summed E-state index contributed by atoms with van der Waals surface area (Å²) in [7, 11) is 1.56. The Morgan fingerprint density at radius 2 is 1.88 bits per heavy atom. The Morgan fingerprint density at radius 1 is 1.19 bits per heavy atom. The van der Waals surface area contributed by atoms with Crippen molar-refractivity contribution in [3.05, 3.63) is 53.6 Å². The molecule has 0 bridgehead atoms. The lowest BCUT2D eigenvalue weighted by atomic mass is 9.92. The molecule has 2 aromatic heterocycles. The number of methoxy groups -OCH3 is 1. The largest absolute Gasteiger partial charge is 0.495 e. The van der Waals surface area contributed by atoms with Gasteiger partial charge in [0.2, 0.25) is 5.91 Å². The second-order valence-corrected chi connectivity index (χ2v) is 6.79. The van der Waals surface area contributed by atoms with E-state index in [1.807, 2.05) is 24.3 Å². The molecule has 0 saturated carbocycles. The van der Waals surface area contributed by atoms with Gasteiger partial charge < -0.3 is 15.5 Å². The fourth-order valence-corrected chi connectivity index (χ4v) is 2.72. The van der Waals surface area contributed by atoms with Gasteiger partial charge in [-0.2, -0.15) is 0 Å². The third kappa shape index (κ3) is 3.15. The number of primary amides is 1. The van der Waals surface area contributed by atoms with Crippen LogP contribution in [0.25, 0.3) is 22.5 Å². The Bertz CT molecular complexity index is 951. The molecule has 0 radical (unpaired) electrons. The topological polar surface area (TPSA) is 93.9 Å². The molecule has 6 nitrogen and oxygen atoms in total. The molecule has 0 saturated heterocycles. The summed E-state index contributed by atoms with van der Waals surface area (Å²) < 4.78 is 5.31. The number of nitrogens with one attached hydrogen (secondary N) is 1. The van der Waals surface area contributed by atoms with E-state index in [0.717, 1.165) is 16.8 Å². The van der Waals surface area contributed by atoms with Gasteiger partial charge in [0.15, 0.2) is 0 Å². The summed E-state index contributed by atoms with van der Waals surface area (Å²) in [6, 6.07) is 9.15. The lowest BCUT2D eigenvalue weighted by Crippen LogP contribution is -2.36. The van der Waals surface area contributed by atoms with Crippen molar-refractivity contribution in [1.29, 1.82) is 0 Å². The van der Waals surface area contributed by atoms with Crippen molar-refractivity contribution in [2.75, 3.05) is 7.11 Å². The average Bonchev–Trinajstić information content (AvgIpc) is 3.09. The number of nitrogens with two attached hydrogens (primary N) is 1. The minimum Gasteiger partial charge on any atom is -0.495 e. The van der Waals surface area contributed by atoms with E-state index in [-0.39, 0.29) is 0 Å². The van der Waals surface area contributed by atoms with Gasteiger partial charge in [0.05, 0.1) is 23.5 Å². The van der Waals surface area contributed by atoms with Gasteiger partial charge in [0.25, 0.3) is 0 Å². The van der Waals surface area contributed by atoms with Crippen LogP contribution in [0.4, 0.5) is 0 Å². The van der Waals surface area contributed by atoms with Gasteiger partial charge in [-0.15, -0.1) is 0 Å². The quantitative estimate of drug-likeness (QED) is 0.717. The number of halogens is 1. The van der Waals surface area contributed by atoms with Crippen molar-refractivity contribution >= 4 is 17.5 Å². The second-order valence-electron chi connectivity index (χ2n) is 6.38. The first kappa shape index (κ1) is 17.9. The summed E-state index contributed by atoms with van der Waals surface area (Å²) >= 11 is 6.14. The van der Waals surface area contributed by atoms with E-state index in [1.54, 1.807) is 39.4 Å². The van der Waals surface area contributed by atoms with Crippen LogP contribution in [0.15, 0.2) is 42.7 Å². The van der Waals surface area contributed by atoms with Crippen LogP contribution in [-0.2, 0) is 10.2 Å². The molecule has 0 fully saturated rings. The number of H-pyrrole nitrogens is 1. The van der Waals surface area contributed by atoms with E-state index in [1.165, 1.54) is 0 Å². The van der Waals surface area contributed by atoms with E-state index >= 15 is 0 Å². The molecule has 0 unspecified atom stereocenters. The average molecular weight is 371 g/mol. The molecule has 26 heavy (non-hydrogen) atoms. The molecule has 0 aliphatic rings. The van der Waals surface area contributed by atoms with Crippen LogP contribution in [0.5, 0.6) is 5.75 Å². The van der Waals surface area contributed by atoms with E-state index in [4.69, 9.17) is 22.1 Å². The van der Waals surface area contributed by atoms with Crippen molar-refractivity contribution in [3.63, 3.8) is 0 Å². The molecule has 1 aromatic carbocycles. The minimum absolute atomic E-state index is 0.465. The summed E-state index contributed by atoms with van der Waals surface area (Å²) in [5.74, 6) is 0.567. The van der Waals surface area contributed by atoms with E-state index in [9.17, 15) is 4.79 Å². The Hall–Kier alpha value is -2.86. The standard InChI is InChI=1S/C19H19ClN4O2/c1-19(2,17(21)25)18-23-15(11-6-8-22-9-7-11)16(24-18)12-4-5-13(20)14(10-12)26-3/h4-10H,1-3H3,(H2,21,25)(H,23,24). The van der Waals surface area contributed by atoms with Gasteiger partial charge in [0.1, 0.15) is 17.0 Å². The molecule has 7 heteroatoms. The van der Waals surface area contributed by atoms with Gasteiger partial charge >= 0.3 is 0 Å². The van der Waals surface area contributed by atoms with Gasteiger partial charge in [-0.25, -0.2) is 4.98 Å². The number of imidazole rings is 1. The predicted octanol–water partition coefficient (Wildman–Crippen LogP) is 3.56. The van der Waals surface area contributed by atoms with Crippen molar-refractivity contribution < 1.29 is 9.53 Å². The molecule has 3 rings (SSSR count). The van der Waals surface area contributed by atoms with Crippen LogP contribution in [-0.4, -0.2) is 28.0 Å². The monoisotopic (exact) mass is 370 g/mol. The van der Waals surface area contributed by atoms with Crippen molar-refractivity contribution in [2.45, 2.75) is 19.3 Å². The number of carbonyl (C=O) groups excluding carboxylic acids is 1. The molecule has 1 amide bonds. The molecule has 2 heterocycles. The molecular formula is C19H19ClN4O2. The molecule has 134 valence electrons. The number of ether oxygens (including phenoxy) is 1. The Morgan fingerprint density at radius 3 is 2.50 bits per heavy atom. The summed E-state index contributed by atoms with van der Waals surface area (Å²) in [6.07, 6.45) is 3.39. The highest BCUT2D eigenvalue weighted by Crippen LogP contribution is 2.36. The fraction of sp³-hybridized carbons (Fsp3) is 0.211. The zero-order chi connectivity index (χ0) is 18.9. The van der Waals surface area contributed by atoms with Crippen molar-refractivity contribution in [3.8, 4) is 28.3 Å². The highest BCUT2D eigenvalue weighted by atomic mass is 35.5. The molecule has 0 aliphatic carbocycles. The van der Waals surface area contributed by atoms with Gasteiger partial charge in [-0.05, 0) is 38.1 Å². The van der Waals surface area contributed by atoms with Crippen molar-refractivity contribution in [2.24, 2.45) is 5.73 Å². The third-order valence-corrected chi connectivity index (χ3v) is 4.62. The van der Waals surface area contributed by atoms with Crippen molar-refractivity contribution in [1.82, 2.24) is 15.0 Å². The van der Waals surface area contributed by atoms with Crippen LogP contribution in [0.1, 0.15) is 19.7 Å². The number of nitrogens with zero attached hydrogens (tertiary/aromatic N) is 2. The summed E-state index contributed by atoms with van der Waals surface area (Å²) in [5, 5.41) is 0.509. The molecule has 3 aromatic rings. The third-order valence-electron chi connectivity index (χ3n) is 4.31. The predicted molar refractivity (Wildman–Crippen MR) is 101 cm³/mol. The Kier molecular flexibility index (Phi) is 4.70. The van der Waals surface area contributed by atoms with Gasteiger partial charge in [-0.1, -0.05) is 17.7 Å². The molecule has 3 N–H and O–H groups in total. The SMILES string of the molecule is COc1cc(-c2nc(C(C)(C)C(N)=O)[nH]c2-c2ccncc2)ccc1Cl. The Labute approximate surface area is 156 Å².